The smallest absolute Gasteiger partial charge is 0.321 e. The van der Waals surface area contributed by atoms with Gasteiger partial charge in [-0.25, -0.2) is 14.8 Å². The Hall–Kier alpha value is -4.21. The molecule has 10 heteroatoms. The average molecular weight is 460 g/mol. The summed E-state index contributed by atoms with van der Waals surface area (Å²) in [5.74, 6) is 0.433. The van der Waals surface area contributed by atoms with Crippen molar-refractivity contribution in [2.75, 3.05) is 30.8 Å². The van der Waals surface area contributed by atoms with Crippen LogP contribution in [-0.4, -0.2) is 51.6 Å². The van der Waals surface area contributed by atoms with Crippen molar-refractivity contribution in [1.29, 1.82) is 0 Å². The Kier molecular flexibility index (Phi) is 5.70. The number of methoxy groups -OCH3 is 1. The molecule has 174 valence electrons. The Morgan fingerprint density at radius 1 is 1.00 bits per heavy atom. The number of rotatable bonds is 4. The maximum Gasteiger partial charge on any atom is 0.321 e. The summed E-state index contributed by atoms with van der Waals surface area (Å²) in [6.45, 7) is 1.50. The number of carbonyl (C=O) groups excluding carboxylic acids is 2. The zero-order valence-corrected chi connectivity index (χ0v) is 18.6. The third-order valence-electron chi connectivity index (χ3n) is 6.29. The summed E-state index contributed by atoms with van der Waals surface area (Å²) in [5, 5.41) is 5.84. The van der Waals surface area contributed by atoms with E-state index in [0.29, 0.717) is 42.3 Å². The minimum atomic E-state index is -0.353. The molecule has 0 spiro atoms. The number of carbonyl (C=O) groups is 2. The van der Waals surface area contributed by atoms with Crippen LogP contribution in [0.2, 0.25) is 0 Å². The molecular formula is C24H24N6O4. The van der Waals surface area contributed by atoms with Crippen LogP contribution in [0.15, 0.2) is 59.9 Å². The molecule has 0 saturated carbocycles. The third kappa shape index (κ3) is 4.21. The number of benzene rings is 1. The molecule has 34 heavy (non-hydrogen) atoms. The number of urea groups is 1. The summed E-state index contributed by atoms with van der Waals surface area (Å²) >= 11 is 0. The largest absolute Gasteiger partial charge is 0.497 e. The molecular weight excluding hydrogens is 436 g/mol. The van der Waals surface area contributed by atoms with E-state index in [0.717, 1.165) is 12.1 Å². The third-order valence-corrected chi connectivity index (χ3v) is 6.29. The predicted octanol–water partition coefficient (Wildman–Crippen LogP) is 2.55. The molecule has 2 bridgehead atoms. The number of anilines is 2. The normalized spacial score (nSPS) is 18.6. The van der Waals surface area contributed by atoms with Gasteiger partial charge in [0.2, 0.25) is 0 Å². The molecule has 4 heterocycles. The van der Waals surface area contributed by atoms with Crippen molar-refractivity contribution in [3.63, 3.8) is 0 Å². The molecule has 0 aliphatic carbocycles. The molecule has 2 N–H and O–H groups in total. The second kappa shape index (κ2) is 8.97. The molecule has 10 nitrogen and oxygen atoms in total. The highest BCUT2D eigenvalue weighted by molar-refractivity contribution is 6.04. The number of aromatic nitrogens is 3. The van der Waals surface area contributed by atoms with Crippen LogP contribution in [0.1, 0.15) is 28.4 Å². The van der Waals surface area contributed by atoms with Gasteiger partial charge in [0.15, 0.2) is 0 Å². The van der Waals surface area contributed by atoms with Crippen molar-refractivity contribution in [2.45, 2.75) is 18.9 Å². The molecule has 3 aromatic rings. The lowest BCUT2D eigenvalue weighted by molar-refractivity contribution is 0.102. The number of fused-ring (bicyclic) bond motifs is 4. The van der Waals surface area contributed by atoms with Crippen molar-refractivity contribution < 1.29 is 14.3 Å². The van der Waals surface area contributed by atoms with Gasteiger partial charge in [0.05, 0.1) is 18.4 Å². The standard InChI is InChI=1S/C24H24N6O4/c1-34-19-4-2-18(3-5-19)27-24(33)29-11-15-8-16(13-29)22-20(6-7-21(31)30(22)12-15)28-23(32)17-9-25-14-26-10-17/h2-7,9-10,14-16H,8,11-13H2,1H3,(H,27,33)(H,28,32)/t15-,16-/m1/s1. The number of nitrogens with zero attached hydrogens (tertiary/aromatic N) is 4. The van der Waals surface area contributed by atoms with Gasteiger partial charge in [-0.2, -0.15) is 0 Å². The first-order valence-corrected chi connectivity index (χ1v) is 11.0. The first-order chi connectivity index (χ1) is 16.5. The maximum absolute atomic E-state index is 13.0. The number of hydrogen-bond acceptors (Lipinski definition) is 6. The average Bonchev–Trinajstić information content (AvgIpc) is 2.86. The van der Waals surface area contributed by atoms with Gasteiger partial charge in [-0.1, -0.05) is 0 Å². The Balaban J connectivity index is 1.37. The fraction of sp³-hybridized carbons (Fsp3) is 0.292. The molecule has 2 atom stereocenters. The van der Waals surface area contributed by atoms with Gasteiger partial charge in [-0.3, -0.25) is 9.59 Å². The minimum Gasteiger partial charge on any atom is -0.497 e. The molecule has 1 saturated heterocycles. The molecule has 2 aliphatic heterocycles. The zero-order valence-electron chi connectivity index (χ0n) is 18.6. The number of likely N-dealkylation sites (tertiary alicyclic amines) is 1. The second-order valence-electron chi connectivity index (χ2n) is 8.52. The monoisotopic (exact) mass is 460 g/mol. The summed E-state index contributed by atoms with van der Waals surface area (Å²) in [6.07, 6.45) is 5.07. The fourth-order valence-corrected chi connectivity index (χ4v) is 4.77. The Labute approximate surface area is 195 Å². The summed E-state index contributed by atoms with van der Waals surface area (Å²) in [7, 11) is 1.59. The summed E-state index contributed by atoms with van der Waals surface area (Å²) in [4.78, 5) is 47.9. The van der Waals surface area contributed by atoms with E-state index in [1.54, 1.807) is 46.9 Å². The first kappa shape index (κ1) is 21.6. The topological polar surface area (TPSA) is 118 Å². The predicted molar refractivity (Wildman–Crippen MR) is 125 cm³/mol. The number of ether oxygens (including phenoxy) is 1. The molecule has 2 aliphatic rings. The van der Waals surface area contributed by atoms with E-state index < -0.39 is 0 Å². The van der Waals surface area contributed by atoms with Gasteiger partial charge in [0, 0.05) is 55.4 Å². The lowest BCUT2D eigenvalue weighted by atomic mass is 9.82. The van der Waals surface area contributed by atoms with E-state index in [1.807, 2.05) is 0 Å². The van der Waals surface area contributed by atoms with Gasteiger partial charge in [0.1, 0.15) is 12.1 Å². The van der Waals surface area contributed by atoms with Gasteiger partial charge in [-0.15, -0.1) is 0 Å². The molecule has 0 unspecified atom stereocenters. The maximum atomic E-state index is 13.0. The number of nitrogens with one attached hydrogen (secondary N) is 2. The van der Waals surface area contributed by atoms with Crippen LogP contribution in [0.5, 0.6) is 5.75 Å². The first-order valence-electron chi connectivity index (χ1n) is 11.0. The van der Waals surface area contributed by atoms with Crippen LogP contribution in [-0.2, 0) is 6.54 Å². The minimum absolute atomic E-state index is 0.0784. The van der Waals surface area contributed by atoms with Gasteiger partial charge >= 0.3 is 6.03 Å². The highest BCUT2D eigenvalue weighted by Crippen LogP contribution is 2.38. The van der Waals surface area contributed by atoms with Crippen LogP contribution >= 0.6 is 0 Å². The summed E-state index contributed by atoms with van der Waals surface area (Å²) in [5.41, 5.74) is 2.20. The van der Waals surface area contributed by atoms with E-state index in [9.17, 15) is 14.4 Å². The lowest BCUT2D eigenvalue weighted by Crippen LogP contribution is -2.50. The molecule has 5 rings (SSSR count). The van der Waals surface area contributed by atoms with Crippen molar-refractivity contribution >= 4 is 23.3 Å². The van der Waals surface area contributed by atoms with E-state index in [-0.39, 0.29) is 29.3 Å². The number of pyridine rings is 1. The van der Waals surface area contributed by atoms with Gasteiger partial charge in [0.25, 0.3) is 11.5 Å². The van der Waals surface area contributed by atoms with E-state index in [4.69, 9.17) is 4.74 Å². The number of amides is 3. The zero-order chi connectivity index (χ0) is 23.7. The van der Waals surface area contributed by atoms with Crippen LogP contribution in [0, 0.1) is 5.92 Å². The van der Waals surface area contributed by atoms with Crippen LogP contribution in [0.3, 0.4) is 0 Å². The Bertz CT molecular complexity index is 1270. The molecule has 1 fully saturated rings. The lowest BCUT2D eigenvalue weighted by Gasteiger charge is -2.43. The van der Waals surface area contributed by atoms with Crippen molar-refractivity contribution in [1.82, 2.24) is 19.4 Å². The van der Waals surface area contributed by atoms with Crippen LogP contribution in [0.4, 0.5) is 16.2 Å². The van der Waals surface area contributed by atoms with E-state index >= 15 is 0 Å². The van der Waals surface area contributed by atoms with Crippen LogP contribution < -0.4 is 20.9 Å². The Morgan fingerprint density at radius 3 is 2.50 bits per heavy atom. The highest BCUT2D eigenvalue weighted by Gasteiger charge is 2.38. The van der Waals surface area contributed by atoms with Crippen molar-refractivity contribution in [3.8, 4) is 5.75 Å². The fourth-order valence-electron chi connectivity index (χ4n) is 4.77. The highest BCUT2D eigenvalue weighted by atomic mass is 16.5. The van der Waals surface area contributed by atoms with Crippen LogP contribution in [0.25, 0.3) is 0 Å². The van der Waals surface area contributed by atoms with Gasteiger partial charge < -0.3 is 24.8 Å². The van der Waals surface area contributed by atoms with Crippen molar-refractivity contribution in [2.24, 2.45) is 5.92 Å². The summed E-state index contributed by atoms with van der Waals surface area (Å²) < 4.78 is 6.89. The van der Waals surface area contributed by atoms with Crippen molar-refractivity contribution in [3.05, 3.63) is 76.7 Å². The number of hydrogen-bond donors (Lipinski definition) is 2. The quantitative estimate of drug-likeness (QED) is 0.618. The molecule has 2 aromatic heterocycles. The molecule has 3 amide bonds. The SMILES string of the molecule is COc1ccc(NC(=O)N2C[C@H]3C[C@H](C2)c2c(NC(=O)c4cncnc4)ccc(=O)n2C3)cc1. The summed E-state index contributed by atoms with van der Waals surface area (Å²) in [6, 6.07) is 10.1. The molecule has 0 radical (unpaired) electrons. The second-order valence-corrected chi connectivity index (χ2v) is 8.52. The Morgan fingerprint density at radius 2 is 1.76 bits per heavy atom. The van der Waals surface area contributed by atoms with E-state index in [2.05, 4.69) is 20.6 Å². The number of piperidine rings is 1. The van der Waals surface area contributed by atoms with Gasteiger partial charge in [-0.05, 0) is 42.7 Å². The van der Waals surface area contributed by atoms with E-state index in [1.165, 1.54) is 24.8 Å². The molecule has 1 aromatic carbocycles.